The van der Waals surface area contributed by atoms with E-state index >= 15 is 0 Å². The molecule has 9 heteroatoms. The van der Waals surface area contributed by atoms with Crippen LogP contribution in [-0.4, -0.2) is 74.9 Å². The first-order valence-electron chi connectivity index (χ1n) is 8.74. The normalized spacial score (nSPS) is 21.9. The molecule has 150 valence electrons. The molecule has 1 aliphatic rings. The number of unbranched alkanes of at least 4 members (excludes halogenated alkanes) is 1. The second kappa shape index (κ2) is 10.5. The van der Waals surface area contributed by atoms with Gasteiger partial charge in [-0.3, -0.25) is 4.79 Å². The summed E-state index contributed by atoms with van der Waals surface area (Å²) in [4.78, 5) is 24.1. The van der Waals surface area contributed by atoms with E-state index in [0.29, 0.717) is 12.8 Å². The summed E-state index contributed by atoms with van der Waals surface area (Å²) in [6.45, 7) is 2.67. The van der Waals surface area contributed by atoms with Gasteiger partial charge in [-0.25, -0.2) is 4.79 Å². The first-order valence-corrected chi connectivity index (χ1v) is 8.74. The third-order valence-corrected chi connectivity index (χ3v) is 4.28. The zero-order valence-electron chi connectivity index (χ0n) is 15.0. The van der Waals surface area contributed by atoms with Gasteiger partial charge in [0.05, 0.1) is 6.61 Å². The number of carbonyl (C=O) groups excluding carboxylic acids is 2. The predicted octanol–water partition coefficient (Wildman–Crippen LogP) is -0.441. The molecule has 0 aromatic carbocycles. The average molecular weight is 376 g/mol. The maximum absolute atomic E-state index is 12.4. The first kappa shape index (κ1) is 22.4. The van der Waals surface area contributed by atoms with Crippen LogP contribution in [0.5, 0.6) is 0 Å². The summed E-state index contributed by atoms with van der Waals surface area (Å²) >= 11 is 0. The lowest BCUT2D eigenvalue weighted by atomic mass is 9.88. The highest BCUT2D eigenvalue weighted by Crippen LogP contribution is 2.27. The summed E-state index contributed by atoms with van der Waals surface area (Å²) in [5, 5.41) is 48.3. The molecule has 1 heterocycles. The van der Waals surface area contributed by atoms with Crippen LogP contribution in [0.25, 0.3) is 0 Å². The average Bonchev–Trinajstić information content (AvgIpc) is 2.92. The summed E-state index contributed by atoms with van der Waals surface area (Å²) in [5.74, 6) is -3.55. The van der Waals surface area contributed by atoms with Crippen LogP contribution in [0.1, 0.15) is 39.5 Å². The maximum atomic E-state index is 12.4. The van der Waals surface area contributed by atoms with Crippen molar-refractivity contribution in [1.29, 1.82) is 0 Å². The fraction of sp³-hybridized carbons (Fsp3) is 0.765. The van der Waals surface area contributed by atoms with E-state index in [4.69, 9.17) is 14.6 Å². The van der Waals surface area contributed by atoms with Gasteiger partial charge in [0.25, 0.3) is 0 Å². The Hall–Kier alpha value is -1.68. The smallest absolute Gasteiger partial charge is 0.378 e. The van der Waals surface area contributed by atoms with Gasteiger partial charge < -0.3 is 35.0 Å². The number of aliphatic hydroxyl groups is 5. The number of ketones is 1. The molecule has 3 unspecified atom stereocenters. The van der Waals surface area contributed by atoms with Crippen molar-refractivity contribution in [3.05, 3.63) is 11.5 Å². The number of esters is 1. The van der Waals surface area contributed by atoms with E-state index in [2.05, 4.69) is 0 Å². The topological polar surface area (TPSA) is 154 Å². The monoisotopic (exact) mass is 376 g/mol. The van der Waals surface area contributed by atoms with Crippen LogP contribution in [0.15, 0.2) is 11.5 Å². The molecule has 1 rings (SSSR count). The Kier molecular flexibility index (Phi) is 9.00. The van der Waals surface area contributed by atoms with Gasteiger partial charge in [0.2, 0.25) is 5.76 Å². The van der Waals surface area contributed by atoms with Crippen molar-refractivity contribution in [2.75, 3.05) is 13.2 Å². The highest BCUT2D eigenvalue weighted by Gasteiger charge is 2.45. The van der Waals surface area contributed by atoms with E-state index in [0.717, 1.165) is 12.8 Å². The van der Waals surface area contributed by atoms with Crippen molar-refractivity contribution in [3.8, 4) is 0 Å². The second-order valence-electron chi connectivity index (χ2n) is 6.27. The van der Waals surface area contributed by atoms with Crippen LogP contribution in [0.4, 0.5) is 0 Å². The fourth-order valence-electron chi connectivity index (χ4n) is 2.63. The molecule has 5 N–H and O–H groups in total. The molecule has 1 aliphatic heterocycles. The van der Waals surface area contributed by atoms with Gasteiger partial charge in [-0.15, -0.1) is 0 Å². The summed E-state index contributed by atoms with van der Waals surface area (Å²) in [6, 6.07) is 0. The Morgan fingerprint density at radius 2 is 1.92 bits per heavy atom. The third kappa shape index (κ3) is 5.41. The molecule has 0 aromatic rings. The van der Waals surface area contributed by atoms with Gasteiger partial charge in [-0.1, -0.05) is 26.7 Å². The van der Waals surface area contributed by atoms with Gasteiger partial charge in [0.15, 0.2) is 17.6 Å². The van der Waals surface area contributed by atoms with Crippen molar-refractivity contribution < 1.29 is 44.6 Å². The molecule has 0 bridgehead atoms. The standard InChI is InChI=1S/C17H28O9/c1-3-5-6-9(4-2)11(20)12(21)13(22)15-14(23)16(17(24)26-15)25-8-10(19)7-18/h9-10,12-13,15,18-19,21-23H,3-8H2,1-2H3/t9?,10?,12?,13-,15+/m0/s1. The maximum Gasteiger partial charge on any atom is 0.378 e. The molecular formula is C17H28O9. The van der Waals surface area contributed by atoms with Gasteiger partial charge in [-0.05, 0) is 12.8 Å². The van der Waals surface area contributed by atoms with Crippen LogP contribution < -0.4 is 0 Å². The number of ether oxygens (including phenoxy) is 2. The molecule has 26 heavy (non-hydrogen) atoms. The fourth-order valence-corrected chi connectivity index (χ4v) is 2.63. The zero-order chi connectivity index (χ0) is 19.9. The Bertz CT molecular complexity index is 516. The molecule has 5 atom stereocenters. The largest absolute Gasteiger partial charge is 0.505 e. The van der Waals surface area contributed by atoms with Gasteiger partial charge in [0, 0.05) is 5.92 Å². The number of hydrogen-bond donors (Lipinski definition) is 5. The summed E-state index contributed by atoms with van der Waals surface area (Å²) in [6.07, 6.45) is -3.88. The number of hydrogen-bond acceptors (Lipinski definition) is 9. The Morgan fingerprint density at radius 3 is 2.46 bits per heavy atom. The van der Waals surface area contributed by atoms with Crippen molar-refractivity contribution in [2.24, 2.45) is 5.92 Å². The minimum Gasteiger partial charge on any atom is -0.505 e. The highest BCUT2D eigenvalue weighted by molar-refractivity contribution is 5.90. The zero-order valence-corrected chi connectivity index (χ0v) is 15.0. The minimum atomic E-state index is -1.86. The Labute approximate surface area is 151 Å². The van der Waals surface area contributed by atoms with E-state index < -0.39 is 66.8 Å². The number of Topliss-reactive ketones (excluding diaryl/α,β-unsaturated/α-hetero) is 1. The molecule has 0 aromatic heterocycles. The number of rotatable bonds is 12. The lowest BCUT2D eigenvalue weighted by Gasteiger charge is -2.24. The molecule has 9 nitrogen and oxygen atoms in total. The van der Waals surface area contributed by atoms with Crippen molar-refractivity contribution in [2.45, 2.75) is 63.9 Å². The highest BCUT2D eigenvalue weighted by atomic mass is 16.6. The molecular weight excluding hydrogens is 348 g/mol. The van der Waals surface area contributed by atoms with Crippen molar-refractivity contribution in [3.63, 3.8) is 0 Å². The molecule has 0 fully saturated rings. The number of cyclic esters (lactones) is 1. The second-order valence-corrected chi connectivity index (χ2v) is 6.27. The van der Waals surface area contributed by atoms with Gasteiger partial charge in [0.1, 0.15) is 24.9 Å². The Morgan fingerprint density at radius 1 is 1.27 bits per heavy atom. The molecule has 0 saturated carbocycles. The van der Waals surface area contributed by atoms with Crippen LogP contribution in [0.3, 0.4) is 0 Å². The predicted molar refractivity (Wildman–Crippen MR) is 88.9 cm³/mol. The summed E-state index contributed by atoms with van der Waals surface area (Å²) in [7, 11) is 0. The SMILES string of the molecule is CCCCC(CC)C(=O)C(O)[C@H](O)[C@H]1OC(=O)C(OCC(O)CO)=C1O. The molecule has 0 radical (unpaired) electrons. The lowest BCUT2D eigenvalue weighted by Crippen LogP contribution is -2.45. The van der Waals surface area contributed by atoms with Crippen molar-refractivity contribution >= 4 is 11.8 Å². The van der Waals surface area contributed by atoms with E-state index in [9.17, 15) is 30.0 Å². The molecule has 0 aliphatic carbocycles. The molecule has 0 saturated heterocycles. The van der Waals surface area contributed by atoms with E-state index in [1.807, 2.05) is 6.92 Å². The van der Waals surface area contributed by atoms with Gasteiger partial charge >= 0.3 is 5.97 Å². The third-order valence-electron chi connectivity index (χ3n) is 4.28. The van der Waals surface area contributed by atoms with E-state index in [-0.39, 0.29) is 0 Å². The van der Waals surface area contributed by atoms with Crippen LogP contribution >= 0.6 is 0 Å². The summed E-state index contributed by atoms with van der Waals surface area (Å²) < 4.78 is 9.68. The van der Waals surface area contributed by atoms with Crippen LogP contribution in [0.2, 0.25) is 0 Å². The molecule has 0 spiro atoms. The number of carbonyl (C=O) groups is 2. The first-order chi connectivity index (χ1) is 12.3. The van der Waals surface area contributed by atoms with Gasteiger partial charge in [-0.2, -0.15) is 0 Å². The molecule has 0 amide bonds. The van der Waals surface area contributed by atoms with Crippen molar-refractivity contribution in [1.82, 2.24) is 0 Å². The quantitative estimate of drug-likeness (QED) is 0.285. The minimum absolute atomic E-state index is 0.446. The Balaban J connectivity index is 2.81. The van der Waals surface area contributed by atoms with Crippen LogP contribution in [-0.2, 0) is 19.1 Å². The lowest BCUT2D eigenvalue weighted by molar-refractivity contribution is -0.157. The van der Waals surface area contributed by atoms with E-state index in [1.165, 1.54) is 0 Å². The van der Waals surface area contributed by atoms with Crippen LogP contribution in [0, 0.1) is 5.92 Å². The summed E-state index contributed by atoms with van der Waals surface area (Å²) in [5.41, 5.74) is 0. The number of aliphatic hydroxyl groups excluding tert-OH is 5. The van der Waals surface area contributed by atoms with E-state index in [1.54, 1.807) is 6.92 Å².